The van der Waals surface area contributed by atoms with E-state index in [0.717, 1.165) is 16.7 Å². The summed E-state index contributed by atoms with van der Waals surface area (Å²) in [5.41, 5.74) is 3.42. The second-order valence-corrected chi connectivity index (χ2v) is 7.85. The van der Waals surface area contributed by atoms with Crippen molar-refractivity contribution in [1.82, 2.24) is 10.6 Å². The maximum Gasteiger partial charge on any atom is 0.277 e. The van der Waals surface area contributed by atoms with Crippen LogP contribution in [0, 0.1) is 0 Å². The van der Waals surface area contributed by atoms with E-state index in [1.165, 1.54) is 0 Å². The second kappa shape index (κ2) is 11.7. The van der Waals surface area contributed by atoms with Crippen LogP contribution in [0.2, 0.25) is 0 Å². The fraction of sp³-hybridized carbons (Fsp3) is 0.214. The zero-order valence-corrected chi connectivity index (χ0v) is 18.2. The number of hydrogen-bond acceptors (Lipinski definition) is 3. The van der Waals surface area contributed by atoms with Crippen LogP contribution in [0.4, 0.5) is 0 Å². The minimum atomic E-state index is -0.398. The fourth-order valence-electron chi connectivity index (χ4n) is 3.91. The van der Waals surface area contributed by atoms with E-state index in [1.54, 1.807) is 12.1 Å². The van der Waals surface area contributed by atoms with Crippen LogP contribution >= 0.6 is 0 Å². The molecule has 0 saturated heterocycles. The Balaban J connectivity index is 0.00000324. The molecule has 0 radical (unpaired) electrons. The van der Waals surface area contributed by atoms with Crippen molar-refractivity contribution in [3.63, 3.8) is 0 Å². The Morgan fingerprint density at radius 3 is 2.00 bits per heavy atom. The van der Waals surface area contributed by atoms with Crippen molar-refractivity contribution in [1.29, 1.82) is 0 Å². The summed E-state index contributed by atoms with van der Waals surface area (Å²) in [5, 5.41) is 5.78. The van der Waals surface area contributed by atoms with Crippen molar-refractivity contribution in [2.45, 2.75) is 26.2 Å². The van der Waals surface area contributed by atoms with Crippen LogP contribution < -0.4 is 10.6 Å². The lowest BCUT2D eigenvalue weighted by Gasteiger charge is -2.18. The van der Waals surface area contributed by atoms with Gasteiger partial charge in [0.2, 0.25) is 5.91 Å². The van der Waals surface area contributed by atoms with E-state index in [2.05, 4.69) is 15.6 Å². The van der Waals surface area contributed by atoms with Crippen molar-refractivity contribution >= 4 is 23.4 Å². The monoisotopic (exact) mass is 455 g/mol. The Bertz CT molecular complexity index is 1130. The smallest absolute Gasteiger partial charge is 0.277 e. The van der Waals surface area contributed by atoms with Gasteiger partial charge in [-0.05, 0) is 29.2 Å². The molecule has 2 N–H and O–H groups in total. The molecule has 174 valence electrons. The number of carbonyl (C=O) groups excluding carboxylic acids is 3. The Morgan fingerprint density at radius 2 is 1.35 bits per heavy atom. The molecule has 34 heavy (non-hydrogen) atoms. The maximum atomic E-state index is 13.0. The van der Waals surface area contributed by atoms with Crippen LogP contribution in [-0.4, -0.2) is 36.5 Å². The molecule has 0 saturated carbocycles. The third-order valence-corrected chi connectivity index (χ3v) is 5.57. The van der Waals surface area contributed by atoms with E-state index in [0.29, 0.717) is 31.5 Å². The first-order chi connectivity index (χ1) is 16.1. The molecule has 0 atom stereocenters. The first-order valence-electron chi connectivity index (χ1n) is 11.0. The van der Waals surface area contributed by atoms with Gasteiger partial charge < -0.3 is 10.6 Å². The van der Waals surface area contributed by atoms with Gasteiger partial charge in [0.1, 0.15) is 5.71 Å². The molecule has 1 aliphatic heterocycles. The van der Waals surface area contributed by atoms with Crippen LogP contribution in [0.3, 0.4) is 0 Å². The van der Waals surface area contributed by atoms with Crippen LogP contribution in [0.15, 0.2) is 89.9 Å². The molecule has 3 amide bonds. The highest BCUT2D eigenvalue weighted by molar-refractivity contribution is 6.42. The van der Waals surface area contributed by atoms with Crippen molar-refractivity contribution in [2.75, 3.05) is 13.1 Å². The van der Waals surface area contributed by atoms with E-state index in [1.807, 2.05) is 72.8 Å². The Hall–Kier alpha value is -4.06. The first-order valence-corrected chi connectivity index (χ1v) is 11.0. The molecule has 0 bridgehead atoms. The van der Waals surface area contributed by atoms with Crippen LogP contribution in [-0.2, 0) is 16.0 Å². The number of fused-ring (bicyclic) bond motifs is 1. The summed E-state index contributed by atoms with van der Waals surface area (Å²) in [6, 6.07) is 26.5. The fourth-order valence-corrected chi connectivity index (χ4v) is 3.91. The lowest BCUT2D eigenvalue weighted by Crippen LogP contribution is -2.37. The van der Waals surface area contributed by atoms with Gasteiger partial charge in [-0.25, -0.2) is 4.99 Å². The van der Waals surface area contributed by atoms with Crippen molar-refractivity contribution in [3.05, 3.63) is 107 Å². The van der Waals surface area contributed by atoms with E-state index < -0.39 is 5.92 Å². The average molecular weight is 456 g/mol. The Labute approximate surface area is 200 Å². The van der Waals surface area contributed by atoms with Gasteiger partial charge in [0, 0.05) is 25.1 Å². The van der Waals surface area contributed by atoms with Gasteiger partial charge in [0.15, 0.2) is 0 Å². The van der Waals surface area contributed by atoms with E-state index >= 15 is 0 Å². The molecule has 3 aromatic rings. The molecule has 6 heteroatoms. The molecular weight excluding hydrogens is 426 g/mol. The third kappa shape index (κ3) is 5.84. The van der Waals surface area contributed by atoms with Gasteiger partial charge >= 0.3 is 0 Å². The zero-order valence-electron chi connectivity index (χ0n) is 18.2. The molecule has 0 fully saturated rings. The number of aliphatic imine (C=N–C) groups is 1. The molecule has 0 aromatic heterocycles. The molecule has 6 nitrogen and oxygen atoms in total. The van der Waals surface area contributed by atoms with E-state index in [4.69, 9.17) is 0 Å². The second-order valence-electron chi connectivity index (χ2n) is 7.85. The summed E-state index contributed by atoms with van der Waals surface area (Å²) in [7, 11) is 0. The summed E-state index contributed by atoms with van der Waals surface area (Å²) >= 11 is 0. The van der Waals surface area contributed by atoms with Crippen molar-refractivity contribution in [3.8, 4) is 0 Å². The highest BCUT2D eigenvalue weighted by Crippen LogP contribution is 2.24. The predicted octanol–water partition coefficient (Wildman–Crippen LogP) is 3.91. The summed E-state index contributed by atoms with van der Waals surface area (Å²) in [6.45, 7) is 0.791. The number of hydrogen-bond donors (Lipinski definition) is 2. The molecule has 1 aliphatic rings. The Morgan fingerprint density at radius 1 is 0.794 bits per heavy atom. The van der Waals surface area contributed by atoms with Gasteiger partial charge in [-0.1, -0.05) is 86.3 Å². The largest absolute Gasteiger partial charge is 0.355 e. The summed E-state index contributed by atoms with van der Waals surface area (Å²) in [4.78, 5) is 41.5. The molecule has 1 heterocycles. The van der Waals surface area contributed by atoms with Gasteiger partial charge in [0.05, 0.1) is 5.92 Å². The number of carbonyl (C=O) groups is 3. The highest BCUT2D eigenvalue weighted by atomic mass is 16.2. The average Bonchev–Trinajstić information content (AvgIpc) is 2.85. The quantitative estimate of drug-likeness (QED) is 0.505. The number of amides is 3. The normalized spacial score (nSPS) is 12.3. The van der Waals surface area contributed by atoms with Crippen LogP contribution in [0.25, 0.3) is 0 Å². The minimum absolute atomic E-state index is 0. The molecule has 3 aromatic carbocycles. The summed E-state index contributed by atoms with van der Waals surface area (Å²) < 4.78 is 0. The van der Waals surface area contributed by atoms with E-state index in [-0.39, 0.29) is 30.9 Å². The van der Waals surface area contributed by atoms with E-state index in [9.17, 15) is 14.4 Å². The third-order valence-electron chi connectivity index (χ3n) is 5.57. The number of benzene rings is 3. The molecule has 4 rings (SSSR count). The summed E-state index contributed by atoms with van der Waals surface area (Å²) in [6.07, 6.45) is 0.895. The van der Waals surface area contributed by atoms with Crippen molar-refractivity contribution in [2.24, 2.45) is 4.99 Å². The number of nitrogens with one attached hydrogen (secondary N) is 2. The predicted molar refractivity (Wildman–Crippen MR) is 134 cm³/mol. The van der Waals surface area contributed by atoms with Gasteiger partial charge in [0.25, 0.3) is 11.8 Å². The standard InChI is InChI=1S/C27H25N3O3.CH4/c31-25-22-15-8-7-14-21(22)18-23(30-25)26(32)28-16-9-17-29-27(33)24(19-10-3-1-4-11-19)20-12-5-2-6-13-20;/h1-8,10-15,24H,9,16-18H2,(H,28,32)(H,29,33);1H4. The number of nitrogens with zero attached hydrogens (tertiary/aromatic N) is 1. The molecule has 0 aliphatic carbocycles. The topological polar surface area (TPSA) is 87.6 Å². The molecular formula is C28H29N3O3. The SMILES string of the molecule is C.O=C(NCCCNC(=O)C(c1ccccc1)c1ccccc1)C1=NC(=O)c2ccccc2C1. The minimum Gasteiger partial charge on any atom is -0.355 e. The molecule has 0 spiro atoms. The summed E-state index contributed by atoms with van der Waals surface area (Å²) in [5.74, 6) is -1.22. The van der Waals surface area contributed by atoms with Crippen LogP contribution in [0.1, 0.15) is 46.8 Å². The molecule has 0 unspecified atom stereocenters. The van der Waals surface area contributed by atoms with Crippen molar-refractivity contribution < 1.29 is 14.4 Å². The van der Waals surface area contributed by atoms with Gasteiger partial charge in [-0.15, -0.1) is 0 Å². The lowest BCUT2D eigenvalue weighted by molar-refractivity contribution is -0.121. The first kappa shape index (κ1) is 24.6. The van der Waals surface area contributed by atoms with Crippen LogP contribution in [0.5, 0.6) is 0 Å². The Kier molecular flexibility index (Phi) is 8.46. The highest BCUT2D eigenvalue weighted by Gasteiger charge is 2.24. The number of rotatable bonds is 8. The zero-order chi connectivity index (χ0) is 23.0. The maximum absolute atomic E-state index is 13.0. The lowest BCUT2D eigenvalue weighted by atomic mass is 9.90. The van der Waals surface area contributed by atoms with Gasteiger partial charge in [-0.3, -0.25) is 14.4 Å². The van der Waals surface area contributed by atoms with Gasteiger partial charge in [-0.2, -0.15) is 0 Å².